The number of fused-ring (bicyclic) bond motifs is 1. The van der Waals surface area contributed by atoms with Crippen LogP contribution in [0.15, 0.2) is 41.4 Å². The second-order valence-electron chi connectivity index (χ2n) is 6.66. The lowest BCUT2D eigenvalue weighted by molar-refractivity contribution is 0.186. The average molecular weight is 497 g/mol. The normalized spacial score (nSPS) is 14.5. The first-order valence-electron chi connectivity index (χ1n) is 9.19. The summed E-state index contributed by atoms with van der Waals surface area (Å²) >= 11 is 0. The van der Waals surface area contributed by atoms with Gasteiger partial charge in [-0.3, -0.25) is 4.99 Å². The monoisotopic (exact) mass is 497 g/mol. The van der Waals surface area contributed by atoms with Gasteiger partial charge < -0.3 is 25.6 Å². The standard InChI is InChI=1S/C21H27N3O3.HI/c1-26-16-10-15(11-17(12-16)27-2)20(25)13-23-21(22)24-19-9-5-7-14-6-3-4-8-18(14)19;/h5,7,9-12,20,25H,3-4,6,8,13H2,1-2H3,(H3,22,23,24);1H. The lowest BCUT2D eigenvalue weighted by atomic mass is 9.90. The third-order valence-corrected chi connectivity index (χ3v) is 4.85. The summed E-state index contributed by atoms with van der Waals surface area (Å²) in [5.74, 6) is 1.53. The van der Waals surface area contributed by atoms with Crippen LogP contribution in [0.1, 0.15) is 35.6 Å². The van der Waals surface area contributed by atoms with E-state index < -0.39 is 6.10 Å². The number of ether oxygens (including phenoxy) is 2. The van der Waals surface area contributed by atoms with Crippen LogP contribution in [0, 0.1) is 0 Å². The van der Waals surface area contributed by atoms with E-state index in [4.69, 9.17) is 15.2 Å². The first kappa shape index (κ1) is 22.3. The SMILES string of the molecule is COc1cc(OC)cc(C(O)CN=C(N)Nc2cccc3c2CCCC3)c1.I. The molecule has 2 aromatic rings. The fraction of sp³-hybridized carbons (Fsp3) is 0.381. The average Bonchev–Trinajstić information content (AvgIpc) is 2.71. The molecule has 0 saturated heterocycles. The van der Waals surface area contributed by atoms with Crippen LogP contribution in [-0.4, -0.2) is 31.8 Å². The molecule has 0 amide bonds. The molecule has 28 heavy (non-hydrogen) atoms. The number of benzene rings is 2. The van der Waals surface area contributed by atoms with Crippen LogP contribution in [0.4, 0.5) is 5.69 Å². The van der Waals surface area contributed by atoms with Gasteiger partial charge in [-0.25, -0.2) is 0 Å². The molecule has 0 aliphatic heterocycles. The smallest absolute Gasteiger partial charge is 0.193 e. The molecule has 0 saturated carbocycles. The molecule has 4 N–H and O–H groups in total. The molecule has 6 nitrogen and oxygen atoms in total. The molecule has 0 heterocycles. The van der Waals surface area contributed by atoms with Crippen LogP contribution in [-0.2, 0) is 12.8 Å². The Morgan fingerprint density at radius 1 is 1.14 bits per heavy atom. The van der Waals surface area contributed by atoms with Crippen LogP contribution in [0.5, 0.6) is 11.5 Å². The molecular weight excluding hydrogens is 469 g/mol. The Labute approximate surface area is 183 Å². The summed E-state index contributed by atoms with van der Waals surface area (Å²) in [5, 5.41) is 13.7. The number of nitrogens with two attached hydrogens (primary N) is 1. The molecule has 0 fully saturated rings. The fourth-order valence-electron chi connectivity index (χ4n) is 3.39. The van der Waals surface area contributed by atoms with Crippen LogP contribution in [0.25, 0.3) is 0 Å². The van der Waals surface area contributed by atoms with Crippen LogP contribution in [0.3, 0.4) is 0 Å². The summed E-state index contributed by atoms with van der Waals surface area (Å²) in [6.45, 7) is 0.143. The highest BCUT2D eigenvalue weighted by Gasteiger charge is 2.14. The molecule has 0 spiro atoms. The zero-order valence-electron chi connectivity index (χ0n) is 16.3. The van der Waals surface area contributed by atoms with E-state index in [1.54, 1.807) is 32.4 Å². The van der Waals surface area contributed by atoms with Gasteiger partial charge in [-0.1, -0.05) is 12.1 Å². The number of hydrogen-bond donors (Lipinski definition) is 3. The van der Waals surface area contributed by atoms with E-state index in [0.717, 1.165) is 18.5 Å². The Kier molecular flexibility index (Phi) is 8.37. The topological polar surface area (TPSA) is 89.1 Å². The van der Waals surface area contributed by atoms with Gasteiger partial charge in [-0.05, 0) is 60.6 Å². The molecule has 3 rings (SSSR count). The van der Waals surface area contributed by atoms with Crippen molar-refractivity contribution < 1.29 is 14.6 Å². The zero-order valence-corrected chi connectivity index (χ0v) is 18.6. The third kappa shape index (κ3) is 5.51. The van der Waals surface area contributed by atoms with Crippen LogP contribution >= 0.6 is 24.0 Å². The molecule has 2 aromatic carbocycles. The Bertz CT molecular complexity index is 804. The number of halogens is 1. The van der Waals surface area contributed by atoms with Gasteiger partial charge in [0.2, 0.25) is 0 Å². The van der Waals surface area contributed by atoms with Crippen LogP contribution in [0.2, 0.25) is 0 Å². The van der Waals surface area contributed by atoms with Gasteiger partial charge in [0.15, 0.2) is 5.96 Å². The quantitative estimate of drug-likeness (QED) is 0.322. The van der Waals surface area contributed by atoms with Crippen molar-refractivity contribution in [2.45, 2.75) is 31.8 Å². The molecule has 152 valence electrons. The lowest BCUT2D eigenvalue weighted by Crippen LogP contribution is -2.25. The van der Waals surface area contributed by atoms with Gasteiger partial charge in [0.05, 0.1) is 26.9 Å². The Balaban J connectivity index is 0.00000280. The maximum atomic E-state index is 10.5. The number of aliphatic imine (C=N–C) groups is 1. The number of aliphatic hydroxyl groups excluding tert-OH is 1. The van der Waals surface area contributed by atoms with E-state index in [9.17, 15) is 5.11 Å². The van der Waals surface area contributed by atoms with Gasteiger partial charge in [0.25, 0.3) is 0 Å². The highest BCUT2D eigenvalue weighted by atomic mass is 127. The van der Waals surface area contributed by atoms with Crippen molar-refractivity contribution in [2.75, 3.05) is 26.1 Å². The van der Waals surface area contributed by atoms with Crippen molar-refractivity contribution in [3.8, 4) is 11.5 Å². The predicted molar refractivity (Wildman–Crippen MR) is 123 cm³/mol. The number of nitrogens with one attached hydrogen (secondary N) is 1. The Morgan fingerprint density at radius 2 is 1.82 bits per heavy atom. The maximum Gasteiger partial charge on any atom is 0.193 e. The van der Waals surface area contributed by atoms with E-state index in [-0.39, 0.29) is 30.5 Å². The van der Waals surface area contributed by atoms with E-state index in [1.165, 1.54) is 24.0 Å². The molecule has 1 atom stereocenters. The second-order valence-corrected chi connectivity index (χ2v) is 6.66. The highest BCUT2D eigenvalue weighted by Crippen LogP contribution is 2.28. The number of anilines is 1. The van der Waals surface area contributed by atoms with Crippen LogP contribution < -0.4 is 20.5 Å². The number of rotatable bonds is 6. The van der Waals surface area contributed by atoms with Crippen molar-refractivity contribution in [3.63, 3.8) is 0 Å². The molecular formula is C21H28IN3O3. The number of aryl methyl sites for hydroxylation is 1. The molecule has 0 bridgehead atoms. The zero-order chi connectivity index (χ0) is 19.2. The number of guanidine groups is 1. The molecule has 0 radical (unpaired) electrons. The van der Waals surface area contributed by atoms with Gasteiger partial charge >= 0.3 is 0 Å². The van der Waals surface area contributed by atoms with Crippen molar-refractivity contribution in [1.82, 2.24) is 0 Å². The van der Waals surface area contributed by atoms with Crippen molar-refractivity contribution in [3.05, 3.63) is 53.1 Å². The Hall–Kier alpha value is -2.00. The predicted octanol–water partition coefficient (Wildman–Crippen LogP) is 3.66. The summed E-state index contributed by atoms with van der Waals surface area (Å²) < 4.78 is 10.5. The third-order valence-electron chi connectivity index (χ3n) is 4.85. The summed E-state index contributed by atoms with van der Waals surface area (Å²) in [4.78, 5) is 4.31. The first-order valence-corrected chi connectivity index (χ1v) is 9.19. The van der Waals surface area contributed by atoms with Crippen molar-refractivity contribution >= 4 is 35.6 Å². The fourth-order valence-corrected chi connectivity index (χ4v) is 3.39. The largest absolute Gasteiger partial charge is 0.497 e. The minimum atomic E-state index is -0.806. The molecule has 7 heteroatoms. The van der Waals surface area contributed by atoms with Gasteiger partial charge in [0.1, 0.15) is 11.5 Å². The number of methoxy groups -OCH3 is 2. The van der Waals surface area contributed by atoms with Gasteiger partial charge in [-0.15, -0.1) is 24.0 Å². The van der Waals surface area contributed by atoms with E-state index in [1.807, 2.05) is 12.1 Å². The minimum Gasteiger partial charge on any atom is -0.497 e. The van der Waals surface area contributed by atoms with Crippen molar-refractivity contribution in [2.24, 2.45) is 10.7 Å². The molecule has 1 unspecified atom stereocenters. The van der Waals surface area contributed by atoms with E-state index in [2.05, 4.69) is 16.4 Å². The van der Waals surface area contributed by atoms with E-state index >= 15 is 0 Å². The summed E-state index contributed by atoms with van der Waals surface area (Å²) in [7, 11) is 3.15. The van der Waals surface area contributed by atoms with Gasteiger partial charge in [0, 0.05) is 11.8 Å². The summed E-state index contributed by atoms with van der Waals surface area (Å²) in [6, 6.07) is 11.5. The molecule has 1 aliphatic rings. The number of aliphatic hydroxyl groups is 1. The Morgan fingerprint density at radius 3 is 2.50 bits per heavy atom. The minimum absolute atomic E-state index is 0. The lowest BCUT2D eigenvalue weighted by Gasteiger charge is -2.20. The second kappa shape index (κ2) is 10.5. The molecule has 0 aromatic heterocycles. The summed E-state index contributed by atoms with van der Waals surface area (Å²) in [6.07, 6.45) is 3.78. The number of hydrogen-bond acceptors (Lipinski definition) is 4. The maximum absolute atomic E-state index is 10.5. The first-order chi connectivity index (χ1) is 13.1. The number of nitrogens with zero attached hydrogens (tertiary/aromatic N) is 1. The summed E-state index contributed by atoms with van der Waals surface area (Å²) in [5.41, 5.74) is 10.4. The highest BCUT2D eigenvalue weighted by molar-refractivity contribution is 14.0. The molecule has 1 aliphatic carbocycles. The van der Waals surface area contributed by atoms with Crippen molar-refractivity contribution in [1.29, 1.82) is 0 Å². The van der Waals surface area contributed by atoms with Gasteiger partial charge in [-0.2, -0.15) is 0 Å². The van der Waals surface area contributed by atoms with E-state index in [0.29, 0.717) is 23.0 Å².